The van der Waals surface area contributed by atoms with E-state index in [1.807, 2.05) is 6.08 Å². The maximum Gasteiger partial charge on any atom is 0.336 e. The Kier molecular flexibility index (Phi) is 4.20. The van der Waals surface area contributed by atoms with E-state index < -0.39 is 6.29 Å². The molecule has 0 aromatic rings. The van der Waals surface area contributed by atoms with Crippen molar-refractivity contribution in [2.75, 3.05) is 0 Å². The zero-order valence-corrected chi connectivity index (χ0v) is 14.7. The number of allylic oxidation sites excluding steroid dienone is 2. The summed E-state index contributed by atoms with van der Waals surface area (Å²) in [5.74, 6) is 0.794. The minimum atomic E-state index is -0.958. The minimum Gasteiger partial charge on any atom is -0.432 e. The van der Waals surface area contributed by atoms with Crippen molar-refractivity contribution in [3.8, 4) is 0 Å². The van der Waals surface area contributed by atoms with Gasteiger partial charge in [-0.25, -0.2) is 4.79 Å². The number of fused-ring (bicyclic) bond motifs is 1. The third-order valence-electron chi connectivity index (χ3n) is 6.82. The van der Waals surface area contributed by atoms with Crippen molar-refractivity contribution < 1.29 is 14.6 Å². The molecule has 3 aliphatic rings. The van der Waals surface area contributed by atoms with Crippen molar-refractivity contribution in [3.63, 3.8) is 0 Å². The zero-order chi connectivity index (χ0) is 16.8. The molecule has 0 spiro atoms. The molecule has 0 amide bonds. The quantitative estimate of drug-likeness (QED) is 0.467. The molecule has 0 radical (unpaired) electrons. The van der Waals surface area contributed by atoms with Crippen molar-refractivity contribution in [3.05, 3.63) is 23.8 Å². The molecule has 4 atom stereocenters. The van der Waals surface area contributed by atoms with Crippen molar-refractivity contribution in [2.45, 2.75) is 72.0 Å². The zero-order valence-electron chi connectivity index (χ0n) is 14.7. The Morgan fingerprint density at radius 2 is 2.09 bits per heavy atom. The van der Waals surface area contributed by atoms with Crippen LogP contribution in [0.5, 0.6) is 0 Å². The second-order valence-electron chi connectivity index (χ2n) is 8.68. The van der Waals surface area contributed by atoms with Crippen LogP contribution in [0.2, 0.25) is 0 Å². The molecule has 0 aromatic carbocycles. The first-order valence-corrected chi connectivity index (χ1v) is 9.00. The van der Waals surface area contributed by atoms with Gasteiger partial charge in [0.1, 0.15) is 0 Å². The lowest BCUT2D eigenvalue weighted by molar-refractivity contribution is -0.152. The fraction of sp³-hybridized carbons (Fsp3) is 0.750. The monoisotopic (exact) mass is 318 g/mol. The molecule has 128 valence electrons. The molecule has 2 aliphatic carbocycles. The third kappa shape index (κ3) is 2.88. The molecule has 3 nitrogen and oxygen atoms in total. The van der Waals surface area contributed by atoms with Gasteiger partial charge in [0.2, 0.25) is 6.29 Å². The Morgan fingerprint density at radius 3 is 2.74 bits per heavy atom. The first kappa shape index (κ1) is 16.8. The van der Waals surface area contributed by atoms with E-state index in [1.54, 1.807) is 0 Å². The highest BCUT2D eigenvalue weighted by molar-refractivity contribution is 5.90. The lowest BCUT2D eigenvalue weighted by Crippen LogP contribution is -2.49. The smallest absolute Gasteiger partial charge is 0.336 e. The summed E-state index contributed by atoms with van der Waals surface area (Å²) in [4.78, 5) is 11.7. The molecule has 1 aliphatic heterocycles. The van der Waals surface area contributed by atoms with Crippen LogP contribution in [0.25, 0.3) is 0 Å². The predicted octanol–water partition coefficient (Wildman–Crippen LogP) is 4.37. The van der Waals surface area contributed by atoms with Gasteiger partial charge in [0.25, 0.3) is 0 Å². The summed E-state index contributed by atoms with van der Waals surface area (Å²) in [6.07, 6.45) is 8.40. The molecule has 0 bridgehead atoms. The average Bonchev–Trinajstić information content (AvgIpc) is 2.75. The van der Waals surface area contributed by atoms with Gasteiger partial charge >= 0.3 is 5.97 Å². The van der Waals surface area contributed by atoms with Gasteiger partial charge in [0.05, 0.1) is 0 Å². The second kappa shape index (κ2) is 5.77. The highest BCUT2D eigenvalue weighted by Gasteiger charge is 2.52. The van der Waals surface area contributed by atoms with Crippen molar-refractivity contribution in [1.29, 1.82) is 0 Å². The van der Waals surface area contributed by atoms with Gasteiger partial charge in [-0.05, 0) is 54.8 Å². The molecule has 3 fully saturated rings. The van der Waals surface area contributed by atoms with E-state index in [2.05, 4.69) is 27.4 Å². The van der Waals surface area contributed by atoms with Crippen LogP contribution < -0.4 is 0 Å². The topological polar surface area (TPSA) is 46.5 Å². The molecular formula is C20H30O3. The maximum atomic E-state index is 11.7. The summed E-state index contributed by atoms with van der Waals surface area (Å²) in [7, 11) is 0. The van der Waals surface area contributed by atoms with Crippen molar-refractivity contribution in [1.82, 2.24) is 0 Å². The van der Waals surface area contributed by atoms with Crippen LogP contribution in [-0.4, -0.2) is 17.4 Å². The standard InChI is InChI=1S/C20H30O3/c1-13-6-9-16-19(2,3)10-5-11-20(16,4)15(13)8-7-14-12-17(21)23-18(14)22/h7,15-17,21H,1,5-6,8-12H2,2-4H3/b14-7+/t15-,16-,17?,20?/m0/s1. The lowest BCUT2D eigenvalue weighted by Gasteiger charge is -2.58. The maximum absolute atomic E-state index is 11.7. The summed E-state index contributed by atoms with van der Waals surface area (Å²) in [6.45, 7) is 11.6. The molecule has 0 aromatic heterocycles. The highest BCUT2D eigenvalue weighted by Crippen LogP contribution is 2.61. The summed E-state index contributed by atoms with van der Waals surface area (Å²) in [5, 5.41) is 9.46. The molecule has 1 saturated heterocycles. The van der Waals surface area contributed by atoms with E-state index in [9.17, 15) is 9.90 Å². The Labute approximate surface area is 139 Å². The predicted molar refractivity (Wildman–Crippen MR) is 90.5 cm³/mol. The molecule has 3 heteroatoms. The van der Waals surface area contributed by atoms with Gasteiger partial charge in [-0.1, -0.05) is 45.4 Å². The van der Waals surface area contributed by atoms with Crippen LogP contribution >= 0.6 is 0 Å². The second-order valence-corrected chi connectivity index (χ2v) is 8.68. The Morgan fingerprint density at radius 1 is 1.35 bits per heavy atom. The van der Waals surface area contributed by atoms with E-state index in [-0.39, 0.29) is 11.4 Å². The first-order chi connectivity index (χ1) is 10.7. The molecule has 3 rings (SSSR count). The number of ether oxygens (including phenoxy) is 1. The lowest BCUT2D eigenvalue weighted by atomic mass is 9.47. The van der Waals surface area contributed by atoms with Crippen LogP contribution in [0.3, 0.4) is 0 Å². The number of carbonyl (C=O) groups excluding carboxylic acids is 1. The summed E-state index contributed by atoms with van der Waals surface area (Å²) >= 11 is 0. The molecule has 2 saturated carbocycles. The molecule has 2 unspecified atom stereocenters. The van der Waals surface area contributed by atoms with Crippen LogP contribution in [0.15, 0.2) is 23.8 Å². The molecular weight excluding hydrogens is 288 g/mol. The summed E-state index contributed by atoms with van der Waals surface area (Å²) in [5.41, 5.74) is 2.63. The van der Waals surface area contributed by atoms with Crippen LogP contribution in [0.4, 0.5) is 0 Å². The van der Waals surface area contributed by atoms with E-state index in [0.29, 0.717) is 23.3 Å². The fourth-order valence-electron chi connectivity index (χ4n) is 5.65. The SMILES string of the molecule is C=C1CC[C@H]2C(C)(C)CCCC2(C)[C@H]1C/C=C1\CC(O)OC1=O. The van der Waals surface area contributed by atoms with E-state index in [0.717, 1.165) is 18.8 Å². The number of aliphatic hydroxyl groups excluding tert-OH is 1. The number of rotatable bonds is 2. The number of hydrogen-bond acceptors (Lipinski definition) is 3. The Hall–Kier alpha value is -1.09. The van der Waals surface area contributed by atoms with Crippen LogP contribution in [-0.2, 0) is 9.53 Å². The third-order valence-corrected chi connectivity index (χ3v) is 6.82. The van der Waals surface area contributed by atoms with Gasteiger partial charge in [-0.3, -0.25) is 0 Å². The van der Waals surface area contributed by atoms with E-state index >= 15 is 0 Å². The van der Waals surface area contributed by atoms with E-state index in [4.69, 9.17) is 4.74 Å². The number of aliphatic hydroxyl groups is 1. The average molecular weight is 318 g/mol. The number of carbonyl (C=O) groups is 1. The fourth-order valence-corrected chi connectivity index (χ4v) is 5.65. The number of hydrogen-bond donors (Lipinski definition) is 1. The molecule has 1 N–H and O–H groups in total. The van der Waals surface area contributed by atoms with Gasteiger partial charge in [-0.2, -0.15) is 0 Å². The molecule has 23 heavy (non-hydrogen) atoms. The summed E-state index contributed by atoms with van der Waals surface area (Å²) in [6, 6.07) is 0. The van der Waals surface area contributed by atoms with Crippen molar-refractivity contribution in [2.24, 2.45) is 22.7 Å². The molecule has 1 heterocycles. The first-order valence-electron chi connectivity index (χ1n) is 9.00. The van der Waals surface area contributed by atoms with Gasteiger partial charge in [0.15, 0.2) is 0 Å². The number of cyclic esters (lactones) is 1. The van der Waals surface area contributed by atoms with Crippen molar-refractivity contribution >= 4 is 5.97 Å². The van der Waals surface area contributed by atoms with Gasteiger partial charge < -0.3 is 9.84 Å². The van der Waals surface area contributed by atoms with E-state index in [1.165, 1.54) is 31.3 Å². The largest absolute Gasteiger partial charge is 0.432 e. The van der Waals surface area contributed by atoms with Gasteiger partial charge in [-0.15, -0.1) is 0 Å². The van der Waals surface area contributed by atoms with Crippen LogP contribution in [0, 0.1) is 22.7 Å². The summed E-state index contributed by atoms with van der Waals surface area (Å²) < 4.78 is 4.83. The van der Waals surface area contributed by atoms with Crippen LogP contribution in [0.1, 0.15) is 65.7 Å². The Bertz CT molecular complexity index is 545. The van der Waals surface area contributed by atoms with Gasteiger partial charge in [0, 0.05) is 12.0 Å². The normalized spacial score (nSPS) is 41.7. The number of esters is 1. The highest BCUT2D eigenvalue weighted by atomic mass is 16.6. The minimum absolute atomic E-state index is 0.273. The Balaban J connectivity index is 1.83.